The molecule has 0 bridgehead atoms. The molecule has 0 heterocycles. The molecule has 1 amide bonds. The molecule has 3 N–H and O–H groups in total. The lowest BCUT2D eigenvalue weighted by atomic mass is 10.3. The van der Waals surface area contributed by atoms with Gasteiger partial charge < -0.3 is 10.5 Å². The zero-order valence-corrected chi connectivity index (χ0v) is 8.21. The third-order valence-electron chi connectivity index (χ3n) is 1.20. The number of unbranched alkanes of at least 4 members (excludes halogenated alkanes) is 1. The number of amides is 1. The molecule has 0 aromatic rings. The zero-order valence-electron chi connectivity index (χ0n) is 8.21. The van der Waals surface area contributed by atoms with E-state index in [4.69, 9.17) is 15.3 Å². The van der Waals surface area contributed by atoms with E-state index in [0.29, 0.717) is 13.2 Å². The standard InChI is InChI=1S/C8H18N2O3/c1-7(2)13-8(11)10-12-6-4-3-5-9/h7H,3-6,9H2,1-2H3,(H,10,11). The van der Waals surface area contributed by atoms with E-state index in [1.165, 1.54) is 0 Å². The molecule has 0 aliphatic heterocycles. The molecule has 0 spiro atoms. The highest BCUT2D eigenvalue weighted by Gasteiger charge is 2.03. The molecule has 5 nitrogen and oxygen atoms in total. The second-order valence-electron chi connectivity index (χ2n) is 2.90. The number of hydrogen-bond donors (Lipinski definition) is 2. The van der Waals surface area contributed by atoms with Crippen LogP contribution in [-0.4, -0.2) is 25.3 Å². The first-order valence-corrected chi connectivity index (χ1v) is 4.45. The minimum atomic E-state index is -0.553. The molecule has 0 rings (SSSR count). The molecule has 0 radical (unpaired) electrons. The fraction of sp³-hybridized carbons (Fsp3) is 0.875. The van der Waals surface area contributed by atoms with Crippen molar-refractivity contribution in [1.29, 1.82) is 0 Å². The summed E-state index contributed by atoms with van der Waals surface area (Å²) in [7, 11) is 0. The van der Waals surface area contributed by atoms with Gasteiger partial charge in [-0.05, 0) is 33.2 Å². The minimum Gasteiger partial charge on any atom is -0.445 e. The van der Waals surface area contributed by atoms with E-state index in [9.17, 15) is 4.79 Å². The van der Waals surface area contributed by atoms with Gasteiger partial charge in [0.2, 0.25) is 0 Å². The molecule has 0 atom stereocenters. The van der Waals surface area contributed by atoms with Gasteiger partial charge in [-0.25, -0.2) is 4.79 Å². The quantitative estimate of drug-likeness (QED) is 0.479. The van der Waals surface area contributed by atoms with Gasteiger partial charge in [0.05, 0.1) is 12.7 Å². The number of nitrogens with one attached hydrogen (secondary N) is 1. The van der Waals surface area contributed by atoms with E-state index in [2.05, 4.69) is 5.48 Å². The number of rotatable bonds is 6. The number of carbonyl (C=O) groups excluding carboxylic acids is 1. The maximum Gasteiger partial charge on any atom is 0.431 e. The fourth-order valence-corrected chi connectivity index (χ4v) is 0.667. The Morgan fingerprint density at radius 1 is 1.46 bits per heavy atom. The summed E-state index contributed by atoms with van der Waals surface area (Å²) < 4.78 is 4.76. The van der Waals surface area contributed by atoms with Crippen molar-refractivity contribution in [2.45, 2.75) is 32.8 Å². The normalized spacial score (nSPS) is 10.2. The van der Waals surface area contributed by atoms with E-state index >= 15 is 0 Å². The number of nitrogens with two attached hydrogens (primary N) is 1. The van der Waals surface area contributed by atoms with E-state index in [1.807, 2.05) is 0 Å². The first kappa shape index (κ1) is 12.2. The first-order chi connectivity index (χ1) is 6.16. The summed E-state index contributed by atoms with van der Waals surface area (Å²) >= 11 is 0. The molecule has 13 heavy (non-hydrogen) atoms. The van der Waals surface area contributed by atoms with Crippen LogP contribution in [0.5, 0.6) is 0 Å². The highest BCUT2D eigenvalue weighted by Crippen LogP contribution is 1.89. The van der Waals surface area contributed by atoms with Gasteiger partial charge in [0.1, 0.15) is 0 Å². The molecule has 0 unspecified atom stereocenters. The van der Waals surface area contributed by atoms with Gasteiger partial charge >= 0.3 is 6.09 Å². The number of hydroxylamine groups is 1. The van der Waals surface area contributed by atoms with Gasteiger partial charge in [0, 0.05) is 0 Å². The molecule has 0 aliphatic rings. The molecule has 0 fully saturated rings. The van der Waals surface area contributed by atoms with Crippen molar-refractivity contribution in [2.24, 2.45) is 5.73 Å². The van der Waals surface area contributed by atoms with Gasteiger partial charge in [-0.3, -0.25) is 4.84 Å². The Balaban J connectivity index is 3.17. The number of ether oxygens (including phenoxy) is 1. The lowest BCUT2D eigenvalue weighted by molar-refractivity contribution is 0.0167. The van der Waals surface area contributed by atoms with Crippen molar-refractivity contribution in [3.8, 4) is 0 Å². The van der Waals surface area contributed by atoms with Gasteiger partial charge in [-0.15, -0.1) is 0 Å². The average Bonchev–Trinajstić information content (AvgIpc) is 2.02. The summed E-state index contributed by atoms with van der Waals surface area (Å²) in [6.07, 6.45) is 1.04. The van der Waals surface area contributed by atoms with Crippen LogP contribution in [0.2, 0.25) is 0 Å². The van der Waals surface area contributed by atoms with Crippen LogP contribution in [0.25, 0.3) is 0 Å². The minimum absolute atomic E-state index is 0.132. The Hall–Kier alpha value is -0.810. The van der Waals surface area contributed by atoms with Crippen LogP contribution >= 0.6 is 0 Å². The molecule has 0 aliphatic carbocycles. The molecule has 0 aromatic carbocycles. The van der Waals surface area contributed by atoms with Gasteiger partial charge in [-0.1, -0.05) is 0 Å². The van der Waals surface area contributed by atoms with Crippen molar-refractivity contribution in [1.82, 2.24) is 5.48 Å². The summed E-state index contributed by atoms with van der Waals surface area (Å²) in [6, 6.07) is 0. The first-order valence-electron chi connectivity index (χ1n) is 4.45. The van der Waals surface area contributed by atoms with Crippen molar-refractivity contribution in [3.63, 3.8) is 0 Å². The van der Waals surface area contributed by atoms with Crippen molar-refractivity contribution < 1.29 is 14.4 Å². The lowest BCUT2D eigenvalue weighted by Gasteiger charge is -2.08. The van der Waals surface area contributed by atoms with Crippen molar-refractivity contribution in [2.75, 3.05) is 13.2 Å². The molecule has 78 valence electrons. The second-order valence-corrected chi connectivity index (χ2v) is 2.90. The maximum atomic E-state index is 10.8. The number of carbonyl (C=O) groups is 1. The largest absolute Gasteiger partial charge is 0.445 e. The summed E-state index contributed by atoms with van der Waals surface area (Å²) in [5.74, 6) is 0. The molecule has 0 saturated carbocycles. The second kappa shape index (κ2) is 7.82. The summed E-state index contributed by atoms with van der Waals surface area (Å²) in [5.41, 5.74) is 7.44. The van der Waals surface area contributed by atoms with Crippen molar-refractivity contribution in [3.05, 3.63) is 0 Å². The Morgan fingerprint density at radius 3 is 2.69 bits per heavy atom. The molecule has 0 aromatic heterocycles. The van der Waals surface area contributed by atoms with Crippen LogP contribution in [0.15, 0.2) is 0 Å². The maximum absolute atomic E-state index is 10.8. The van der Waals surface area contributed by atoms with E-state index < -0.39 is 6.09 Å². The highest BCUT2D eigenvalue weighted by atomic mass is 16.7. The van der Waals surface area contributed by atoms with Gasteiger partial charge in [-0.2, -0.15) is 5.48 Å². The highest BCUT2D eigenvalue weighted by molar-refractivity contribution is 5.65. The Labute approximate surface area is 78.5 Å². The van der Waals surface area contributed by atoms with Crippen LogP contribution in [0, 0.1) is 0 Å². The SMILES string of the molecule is CC(C)OC(=O)NOCCCCN. The average molecular weight is 190 g/mol. The Bertz CT molecular complexity index is 139. The topological polar surface area (TPSA) is 73.6 Å². The molecule has 5 heteroatoms. The summed E-state index contributed by atoms with van der Waals surface area (Å²) in [5, 5.41) is 0. The van der Waals surface area contributed by atoms with Crippen LogP contribution < -0.4 is 11.2 Å². The van der Waals surface area contributed by atoms with Gasteiger partial charge in [0.15, 0.2) is 0 Å². The summed E-state index contributed by atoms with van der Waals surface area (Å²) in [6.45, 7) is 4.65. The van der Waals surface area contributed by atoms with E-state index in [0.717, 1.165) is 12.8 Å². The molecule has 0 saturated heterocycles. The smallest absolute Gasteiger partial charge is 0.431 e. The van der Waals surface area contributed by atoms with E-state index in [-0.39, 0.29) is 6.10 Å². The van der Waals surface area contributed by atoms with Crippen LogP contribution in [0.1, 0.15) is 26.7 Å². The van der Waals surface area contributed by atoms with Crippen LogP contribution in [0.3, 0.4) is 0 Å². The third-order valence-corrected chi connectivity index (χ3v) is 1.20. The predicted octanol–water partition coefficient (Wildman–Crippen LogP) is 0.791. The molecular weight excluding hydrogens is 172 g/mol. The Kier molecular flexibility index (Phi) is 7.33. The lowest BCUT2D eigenvalue weighted by Crippen LogP contribution is -2.27. The Morgan fingerprint density at radius 2 is 2.15 bits per heavy atom. The summed E-state index contributed by atoms with van der Waals surface area (Å²) in [4.78, 5) is 15.6. The third kappa shape index (κ3) is 9.10. The van der Waals surface area contributed by atoms with Crippen LogP contribution in [0.4, 0.5) is 4.79 Å². The molecular formula is C8H18N2O3. The monoisotopic (exact) mass is 190 g/mol. The van der Waals surface area contributed by atoms with Crippen molar-refractivity contribution >= 4 is 6.09 Å². The van der Waals surface area contributed by atoms with Crippen LogP contribution in [-0.2, 0) is 9.57 Å². The van der Waals surface area contributed by atoms with Gasteiger partial charge in [0.25, 0.3) is 0 Å². The zero-order chi connectivity index (χ0) is 10.1. The number of hydrogen-bond acceptors (Lipinski definition) is 4. The van der Waals surface area contributed by atoms with E-state index in [1.54, 1.807) is 13.8 Å². The predicted molar refractivity (Wildman–Crippen MR) is 49.0 cm³/mol. The fourth-order valence-electron chi connectivity index (χ4n) is 0.667.